The van der Waals surface area contributed by atoms with E-state index in [-0.39, 0.29) is 29.1 Å². The van der Waals surface area contributed by atoms with Gasteiger partial charge in [0.05, 0.1) is 0 Å². The number of hydrogen-bond donors (Lipinski definition) is 2. The normalized spacial score (nSPS) is 15.2. The molecule has 0 unspecified atom stereocenters. The van der Waals surface area contributed by atoms with E-state index in [2.05, 4.69) is 0 Å². The summed E-state index contributed by atoms with van der Waals surface area (Å²) in [5.74, 6) is -1.00. The topological polar surface area (TPSA) is 90.5 Å². The summed E-state index contributed by atoms with van der Waals surface area (Å²) < 4.78 is 5.60. The van der Waals surface area contributed by atoms with E-state index < -0.39 is 5.97 Å². The highest BCUT2D eigenvalue weighted by Gasteiger charge is 2.35. The summed E-state index contributed by atoms with van der Waals surface area (Å²) >= 11 is 0. The van der Waals surface area contributed by atoms with Gasteiger partial charge in [-0.3, -0.25) is 0 Å². The maximum atomic E-state index is 12.4. The van der Waals surface area contributed by atoms with E-state index in [4.69, 9.17) is 4.74 Å². The fourth-order valence-electron chi connectivity index (χ4n) is 2.59. The van der Waals surface area contributed by atoms with Crippen LogP contribution in [0.2, 0.25) is 0 Å². The van der Waals surface area contributed by atoms with Crippen molar-refractivity contribution >= 4 is 12.0 Å². The molecule has 126 valence electrons. The third kappa shape index (κ3) is 3.99. The average Bonchev–Trinajstić information content (AvgIpc) is 3.46. The van der Waals surface area contributed by atoms with Gasteiger partial charge in [-0.2, -0.15) is 5.26 Å². The molecular weight excluding hydrogens is 318 g/mol. The zero-order valence-corrected chi connectivity index (χ0v) is 13.4. The highest BCUT2D eigenvalue weighted by atomic mass is 16.5. The molecule has 5 nitrogen and oxygen atoms in total. The van der Waals surface area contributed by atoms with Crippen molar-refractivity contribution in [2.75, 3.05) is 0 Å². The van der Waals surface area contributed by atoms with Crippen molar-refractivity contribution in [1.29, 1.82) is 5.26 Å². The molecule has 3 rings (SSSR count). The number of aromatic hydroxyl groups is 2. The molecule has 1 aliphatic rings. The molecule has 2 aromatic carbocycles. The molecule has 1 saturated carbocycles. The van der Waals surface area contributed by atoms with E-state index in [1.54, 1.807) is 0 Å². The molecule has 0 saturated heterocycles. The monoisotopic (exact) mass is 335 g/mol. The van der Waals surface area contributed by atoms with Crippen LogP contribution >= 0.6 is 0 Å². The number of phenols is 2. The summed E-state index contributed by atoms with van der Waals surface area (Å²) in [7, 11) is 0. The van der Waals surface area contributed by atoms with Gasteiger partial charge < -0.3 is 14.9 Å². The third-order valence-electron chi connectivity index (χ3n) is 4.06. The lowest BCUT2D eigenvalue weighted by Crippen LogP contribution is -2.14. The van der Waals surface area contributed by atoms with Crippen molar-refractivity contribution in [3.05, 3.63) is 65.2 Å². The van der Waals surface area contributed by atoms with Gasteiger partial charge >= 0.3 is 5.97 Å². The molecule has 0 bridgehead atoms. The summed E-state index contributed by atoms with van der Waals surface area (Å²) in [5.41, 5.74) is 1.18. The number of benzene rings is 2. The van der Waals surface area contributed by atoms with Gasteiger partial charge in [0, 0.05) is 5.92 Å². The molecule has 0 radical (unpaired) electrons. The Morgan fingerprint density at radius 2 is 1.88 bits per heavy atom. The first kappa shape index (κ1) is 16.6. The lowest BCUT2D eigenvalue weighted by Gasteiger charge is -2.17. The molecule has 5 heteroatoms. The predicted molar refractivity (Wildman–Crippen MR) is 91.4 cm³/mol. The number of carbonyl (C=O) groups is 1. The van der Waals surface area contributed by atoms with E-state index in [1.165, 1.54) is 24.3 Å². The van der Waals surface area contributed by atoms with Crippen LogP contribution in [0, 0.1) is 17.2 Å². The van der Waals surface area contributed by atoms with Crippen LogP contribution in [0.3, 0.4) is 0 Å². The fraction of sp³-hybridized carbons (Fsp3) is 0.200. The standard InChI is InChI=1S/C20H17NO4/c21-12-16(10-13-6-9-17(22)18(23)11-13)20(24)25-19(15-7-8-15)14-4-2-1-3-5-14/h1-6,9-11,15,19,22-23H,7-8H2/b16-10-/t19-/m1/s1. The molecule has 1 atom stereocenters. The minimum atomic E-state index is -0.698. The first-order valence-electron chi connectivity index (χ1n) is 7.98. The van der Waals surface area contributed by atoms with Gasteiger partial charge in [0.25, 0.3) is 0 Å². The van der Waals surface area contributed by atoms with Crippen molar-refractivity contribution in [3.63, 3.8) is 0 Å². The maximum Gasteiger partial charge on any atom is 0.349 e. The van der Waals surface area contributed by atoms with Crippen LogP contribution in [-0.2, 0) is 9.53 Å². The summed E-state index contributed by atoms with van der Waals surface area (Å²) in [5, 5.41) is 28.1. The van der Waals surface area contributed by atoms with Crippen molar-refractivity contribution < 1.29 is 19.7 Å². The van der Waals surface area contributed by atoms with Gasteiger partial charge in [-0.25, -0.2) is 4.79 Å². The van der Waals surface area contributed by atoms with E-state index in [0.29, 0.717) is 5.56 Å². The zero-order chi connectivity index (χ0) is 17.8. The summed E-state index contributed by atoms with van der Waals surface area (Å²) in [4.78, 5) is 12.4. The minimum absolute atomic E-state index is 0.160. The fourth-order valence-corrected chi connectivity index (χ4v) is 2.59. The lowest BCUT2D eigenvalue weighted by molar-refractivity contribution is -0.145. The largest absolute Gasteiger partial charge is 0.504 e. The van der Waals surface area contributed by atoms with Crippen LogP contribution in [0.1, 0.15) is 30.1 Å². The summed E-state index contributed by atoms with van der Waals surface area (Å²) in [6.45, 7) is 0. The zero-order valence-electron chi connectivity index (χ0n) is 13.4. The first-order chi connectivity index (χ1) is 12.1. The quantitative estimate of drug-likeness (QED) is 0.376. The maximum absolute atomic E-state index is 12.4. The number of nitriles is 1. The molecule has 2 aromatic rings. The predicted octanol–water partition coefficient (Wildman–Crippen LogP) is 3.70. The van der Waals surface area contributed by atoms with Crippen LogP contribution in [0.15, 0.2) is 54.1 Å². The number of nitrogens with zero attached hydrogens (tertiary/aromatic N) is 1. The number of rotatable bonds is 5. The lowest BCUT2D eigenvalue weighted by atomic mass is 10.1. The first-order valence-corrected chi connectivity index (χ1v) is 7.98. The van der Waals surface area contributed by atoms with Gasteiger partial charge in [-0.15, -0.1) is 0 Å². The molecule has 1 fully saturated rings. The molecule has 0 aliphatic heterocycles. The molecule has 0 aromatic heterocycles. The van der Waals surface area contributed by atoms with E-state index >= 15 is 0 Å². The Hall–Kier alpha value is -3.26. The molecule has 0 heterocycles. The van der Waals surface area contributed by atoms with E-state index in [0.717, 1.165) is 18.4 Å². The van der Waals surface area contributed by atoms with Gasteiger partial charge in [0.15, 0.2) is 11.5 Å². The van der Waals surface area contributed by atoms with Crippen molar-refractivity contribution in [2.45, 2.75) is 18.9 Å². The van der Waals surface area contributed by atoms with E-state index in [1.807, 2.05) is 36.4 Å². The average molecular weight is 335 g/mol. The SMILES string of the molecule is N#C/C(=C/c1ccc(O)c(O)c1)C(=O)O[C@H](c1ccccc1)C1CC1. The second-order valence-electron chi connectivity index (χ2n) is 5.99. The highest BCUT2D eigenvalue weighted by molar-refractivity contribution is 5.98. The Balaban J connectivity index is 1.81. The van der Waals surface area contributed by atoms with Crippen molar-refractivity contribution in [3.8, 4) is 17.6 Å². The van der Waals surface area contributed by atoms with Crippen molar-refractivity contribution in [2.24, 2.45) is 5.92 Å². The Labute approximate surface area is 145 Å². The number of esters is 1. The third-order valence-corrected chi connectivity index (χ3v) is 4.06. The Bertz CT molecular complexity index is 848. The van der Waals surface area contributed by atoms with Gasteiger partial charge in [0.2, 0.25) is 0 Å². The second kappa shape index (κ2) is 7.10. The molecule has 25 heavy (non-hydrogen) atoms. The second-order valence-corrected chi connectivity index (χ2v) is 5.99. The summed E-state index contributed by atoms with van der Waals surface area (Å²) in [6.07, 6.45) is 2.95. The number of ether oxygens (including phenoxy) is 1. The highest BCUT2D eigenvalue weighted by Crippen LogP contribution is 2.43. The smallest absolute Gasteiger partial charge is 0.349 e. The molecule has 1 aliphatic carbocycles. The number of carbonyl (C=O) groups excluding carboxylic acids is 1. The molecule has 0 amide bonds. The van der Waals surface area contributed by atoms with Crippen LogP contribution in [0.25, 0.3) is 6.08 Å². The Morgan fingerprint density at radius 1 is 1.16 bits per heavy atom. The number of hydrogen-bond acceptors (Lipinski definition) is 5. The van der Waals surface area contributed by atoms with Crippen LogP contribution in [0.4, 0.5) is 0 Å². The van der Waals surface area contributed by atoms with Crippen LogP contribution in [0.5, 0.6) is 11.5 Å². The van der Waals surface area contributed by atoms with Gasteiger partial charge in [0.1, 0.15) is 17.7 Å². The van der Waals surface area contributed by atoms with Crippen LogP contribution < -0.4 is 0 Å². The minimum Gasteiger partial charge on any atom is -0.504 e. The molecular formula is C20H17NO4. The molecule has 0 spiro atoms. The Kier molecular flexibility index (Phi) is 4.71. The molecule has 2 N–H and O–H groups in total. The summed E-state index contributed by atoms with van der Waals surface area (Å²) in [6, 6.07) is 15.4. The van der Waals surface area contributed by atoms with Crippen LogP contribution in [-0.4, -0.2) is 16.2 Å². The van der Waals surface area contributed by atoms with Gasteiger partial charge in [-0.05, 0) is 42.2 Å². The number of phenolic OH excluding ortho intramolecular Hbond substituents is 2. The van der Waals surface area contributed by atoms with E-state index in [9.17, 15) is 20.3 Å². The Morgan fingerprint density at radius 3 is 2.48 bits per heavy atom. The van der Waals surface area contributed by atoms with Gasteiger partial charge in [-0.1, -0.05) is 36.4 Å². The van der Waals surface area contributed by atoms with Crippen molar-refractivity contribution in [1.82, 2.24) is 0 Å².